The number of benzene rings is 1. The van der Waals surface area contributed by atoms with E-state index in [1.807, 2.05) is 0 Å². The van der Waals surface area contributed by atoms with Crippen molar-refractivity contribution in [3.63, 3.8) is 0 Å². The molecule has 2 aromatic rings. The quantitative estimate of drug-likeness (QED) is 0.830. The third-order valence-electron chi connectivity index (χ3n) is 3.63. The molecule has 1 aliphatic rings. The Kier molecular flexibility index (Phi) is 3.11. The van der Waals surface area contributed by atoms with Gasteiger partial charge in [-0.3, -0.25) is 0 Å². The summed E-state index contributed by atoms with van der Waals surface area (Å²) in [6, 6.07) is 4.29. The molecule has 0 bridgehead atoms. The zero-order chi connectivity index (χ0) is 13.4. The Morgan fingerprint density at radius 1 is 1.16 bits per heavy atom. The van der Waals surface area contributed by atoms with E-state index in [2.05, 4.69) is 43.0 Å². The Bertz CT molecular complexity index is 575. The summed E-state index contributed by atoms with van der Waals surface area (Å²) in [4.78, 5) is 4.56. The van der Waals surface area contributed by atoms with Crippen molar-refractivity contribution in [1.82, 2.24) is 10.1 Å². The first-order chi connectivity index (χ1) is 9.15. The van der Waals surface area contributed by atoms with Gasteiger partial charge in [0.15, 0.2) is 5.82 Å². The smallest absolute Gasteiger partial charge is 0.258 e. The minimum absolute atomic E-state index is 0.281. The van der Waals surface area contributed by atoms with Crippen LogP contribution in [0, 0.1) is 20.8 Å². The maximum Gasteiger partial charge on any atom is 0.258 e. The zero-order valence-corrected chi connectivity index (χ0v) is 11.6. The predicted octanol–water partition coefficient (Wildman–Crippen LogP) is 3.17. The summed E-state index contributed by atoms with van der Waals surface area (Å²) in [7, 11) is 0. The highest BCUT2D eigenvalue weighted by molar-refractivity contribution is 5.63. The van der Waals surface area contributed by atoms with Gasteiger partial charge in [0.25, 0.3) is 5.89 Å². The van der Waals surface area contributed by atoms with Crippen molar-refractivity contribution < 1.29 is 9.26 Å². The van der Waals surface area contributed by atoms with Crippen molar-refractivity contribution in [2.24, 2.45) is 0 Å². The van der Waals surface area contributed by atoms with Gasteiger partial charge in [0, 0.05) is 18.1 Å². The van der Waals surface area contributed by atoms with Crippen LogP contribution in [-0.4, -0.2) is 23.4 Å². The minimum atomic E-state index is 0.281. The number of rotatable bonds is 2. The molecule has 19 heavy (non-hydrogen) atoms. The molecule has 1 aliphatic heterocycles. The van der Waals surface area contributed by atoms with Crippen molar-refractivity contribution in [3.05, 3.63) is 34.6 Å². The van der Waals surface area contributed by atoms with Crippen molar-refractivity contribution in [3.8, 4) is 11.5 Å². The van der Waals surface area contributed by atoms with E-state index in [1.54, 1.807) is 0 Å². The first kappa shape index (κ1) is 12.4. The Labute approximate surface area is 112 Å². The van der Waals surface area contributed by atoms with Gasteiger partial charge in [-0.1, -0.05) is 22.9 Å². The fraction of sp³-hybridized carbons (Fsp3) is 0.467. The monoisotopic (exact) mass is 258 g/mol. The first-order valence-corrected chi connectivity index (χ1v) is 6.64. The second-order valence-corrected chi connectivity index (χ2v) is 5.29. The number of aromatic nitrogens is 2. The van der Waals surface area contributed by atoms with Crippen LogP contribution < -0.4 is 0 Å². The fourth-order valence-corrected chi connectivity index (χ4v) is 2.76. The van der Waals surface area contributed by atoms with Gasteiger partial charge in [-0.05, 0) is 38.3 Å². The van der Waals surface area contributed by atoms with Gasteiger partial charge >= 0.3 is 0 Å². The van der Waals surface area contributed by atoms with E-state index in [0.29, 0.717) is 12.5 Å². The van der Waals surface area contributed by atoms with Gasteiger partial charge < -0.3 is 9.26 Å². The van der Waals surface area contributed by atoms with Gasteiger partial charge in [0.1, 0.15) is 0 Å². The van der Waals surface area contributed by atoms with Crippen LogP contribution in [0.4, 0.5) is 0 Å². The Hall–Kier alpha value is -1.68. The standard InChI is InChI=1S/C15H18N2O2/c1-9-6-10(2)13(11(3)7-9)15-16-14(17-19-15)12-4-5-18-8-12/h6-7,12H,4-5,8H2,1-3H3/t12-/m1/s1. The predicted molar refractivity (Wildman–Crippen MR) is 72.1 cm³/mol. The first-order valence-electron chi connectivity index (χ1n) is 6.64. The molecule has 0 unspecified atom stereocenters. The van der Waals surface area contributed by atoms with Crippen LogP contribution in [0.25, 0.3) is 11.5 Å². The number of hydrogen-bond donors (Lipinski definition) is 0. The maximum atomic E-state index is 5.45. The van der Waals surface area contributed by atoms with Gasteiger partial charge in [-0.15, -0.1) is 0 Å². The Morgan fingerprint density at radius 3 is 2.53 bits per heavy atom. The van der Waals surface area contributed by atoms with E-state index < -0.39 is 0 Å². The van der Waals surface area contributed by atoms with Crippen LogP contribution in [0.5, 0.6) is 0 Å². The molecule has 100 valence electrons. The molecule has 0 N–H and O–H groups in total. The molecule has 0 spiro atoms. The SMILES string of the molecule is Cc1cc(C)c(-c2nc([C@@H]3CCOC3)no2)c(C)c1. The van der Waals surface area contributed by atoms with Crippen molar-refractivity contribution in [1.29, 1.82) is 0 Å². The molecule has 0 radical (unpaired) electrons. The highest BCUT2D eigenvalue weighted by Gasteiger charge is 2.24. The molecule has 2 heterocycles. The average Bonchev–Trinajstić information content (AvgIpc) is 2.97. The summed E-state index contributed by atoms with van der Waals surface area (Å²) in [6.07, 6.45) is 0.977. The molecular weight excluding hydrogens is 240 g/mol. The Morgan fingerprint density at radius 2 is 1.89 bits per heavy atom. The van der Waals surface area contributed by atoms with Gasteiger partial charge in [-0.2, -0.15) is 4.98 Å². The molecule has 0 aliphatic carbocycles. The van der Waals surface area contributed by atoms with Gasteiger partial charge in [0.2, 0.25) is 0 Å². The third-order valence-corrected chi connectivity index (χ3v) is 3.63. The highest BCUT2D eigenvalue weighted by Crippen LogP contribution is 2.29. The second-order valence-electron chi connectivity index (χ2n) is 5.29. The fourth-order valence-electron chi connectivity index (χ4n) is 2.76. The topological polar surface area (TPSA) is 48.2 Å². The van der Waals surface area contributed by atoms with Crippen LogP contribution >= 0.6 is 0 Å². The van der Waals surface area contributed by atoms with Crippen LogP contribution in [0.15, 0.2) is 16.7 Å². The molecule has 1 saturated heterocycles. The van der Waals surface area contributed by atoms with Crippen molar-refractivity contribution in [2.45, 2.75) is 33.1 Å². The van der Waals surface area contributed by atoms with Crippen LogP contribution in [0.3, 0.4) is 0 Å². The number of hydrogen-bond acceptors (Lipinski definition) is 4. The number of nitrogens with zero attached hydrogens (tertiary/aromatic N) is 2. The summed E-state index contributed by atoms with van der Waals surface area (Å²) in [5.41, 5.74) is 4.66. The van der Waals surface area contributed by atoms with E-state index in [4.69, 9.17) is 9.26 Å². The maximum absolute atomic E-state index is 5.45. The van der Waals surface area contributed by atoms with Crippen LogP contribution in [-0.2, 0) is 4.74 Å². The molecule has 0 saturated carbocycles. The van der Waals surface area contributed by atoms with Crippen LogP contribution in [0.2, 0.25) is 0 Å². The lowest BCUT2D eigenvalue weighted by Crippen LogP contribution is -1.99. The van der Waals surface area contributed by atoms with E-state index >= 15 is 0 Å². The number of ether oxygens (including phenoxy) is 1. The molecule has 0 amide bonds. The Balaban J connectivity index is 1.98. The molecule has 4 nitrogen and oxygen atoms in total. The van der Waals surface area contributed by atoms with Crippen molar-refractivity contribution in [2.75, 3.05) is 13.2 Å². The lowest BCUT2D eigenvalue weighted by Gasteiger charge is -2.06. The third kappa shape index (κ3) is 2.28. The molecule has 1 aromatic heterocycles. The van der Waals surface area contributed by atoms with Crippen molar-refractivity contribution >= 4 is 0 Å². The van der Waals surface area contributed by atoms with E-state index in [1.165, 1.54) is 16.7 Å². The largest absolute Gasteiger partial charge is 0.381 e. The lowest BCUT2D eigenvalue weighted by molar-refractivity contribution is 0.192. The molecule has 1 aromatic carbocycles. The molecular formula is C15H18N2O2. The molecule has 4 heteroatoms. The lowest BCUT2D eigenvalue weighted by atomic mass is 10.00. The zero-order valence-electron chi connectivity index (χ0n) is 11.6. The van der Waals surface area contributed by atoms with E-state index in [0.717, 1.165) is 24.4 Å². The summed E-state index contributed by atoms with van der Waals surface area (Å²) >= 11 is 0. The minimum Gasteiger partial charge on any atom is -0.381 e. The molecule has 1 fully saturated rings. The van der Waals surface area contributed by atoms with Crippen LogP contribution in [0.1, 0.15) is 34.9 Å². The van der Waals surface area contributed by atoms with E-state index in [-0.39, 0.29) is 5.92 Å². The summed E-state index contributed by atoms with van der Waals surface area (Å²) in [5.74, 6) is 1.67. The summed E-state index contributed by atoms with van der Waals surface area (Å²) in [5, 5.41) is 4.11. The average molecular weight is 258 g/mol. The van der Waals surface area contributed by atoms with Gasteiger partial charge in [0.05, 0.1) is 6.61 Å². The second kappa shape index (κ2) is 4.78. The van der Waals surface area contributed by atoms with Gasteiger partial charge in [-0.25, -0.2) is 0 Å². The summed E-state index contributed by atoms with van der Waals surface area (Å²) < 4.78 is 10.8. The highest BCUT2D eigenvalue weighted by atomic mass is 16.5. The number of aryl methyl sites for hydroxylation is 3. The molecule has 1 atom stereocenters. The normalized spacial score (nSPS) is 19.0. The summed E-state index contributed by atoms with van der Waals surface area (Å²) in [6.45, 7) is 7.75. The van der Waals surface area contributed by atoms with E-state index in [9.17, 15) is 0 Å². The molecule has 3 rings (SSSR count).